The zero-order valence-corrected chi connectivity index (χ0v) is 15.2. The van der Waals surface area contributed by atoms with Gasteiger partial charge in [0.05, 0.1) is 16.9 Å². The van der Waals surface area contributed by atoms with E-state index in [9.17, 15) is 18.4 Å². The fourth-order valence-electron chi connectivity index (χ4n) is 2.63. The maximum atomic E-state index is 13.3. The van der Waals surface area contributed by atoms with Crippen LogP contribution in [0, 0.1) is 6.61 Å². The number of alkyl halides is 2. The van der Waals surface area contributed by atoms with Gasteiger partial charge in [-0.25, -0.2) is 4.68 Å². The second-order valence-corrected chi connectivity index (χ2v) is 5.98. The van der Waals surface area contributed by atoms with E-state index in [2.05, 4.69) is 20.0 Å². The highest BCUT2D eigenvalue weighted by Gasteiger charge is 2.40. The second-order valence-electron chi connectivity index (χ2n) is 5.62. The monoisotopic (exact) mass is 414 g/mol. The van der Waals surface area contributed by atoms with E-state index in [0.29, 0.717) is 0 Å². The van der Waals surface area contributed by atoms with Crippen LogP contribution in [0.4, 0.5) is 20.2 Å². The molecule has 0 atom stereocenters. The topological polar surface area (TPSA) is 112 Å². The first-order chi connectivity index (χ1) is 13.3. The van der Waals surface area contributed by atoms with Crippen LogP contribution in [0.25, 0.3) is 0 Å². The number of nitrogens with one attached hydrogen (secondary N) is 1. The van der Waals surface area contributed by atoms with Crippen LogP contribution < -0.4 is 26.5 Å². The predicted octanol–water partition coefficient (Wildman–Crippen LogP) is 1.70. The number of carbonyl (C=O) groups excluding carboxylic acids is 1. The van der Waals surface area contributed by atoms with E-state index in [1.54, 1.807) is 6.92 Å². The van der Waals surface area contributed by atoms with Crippen LogP contribution in [0.15, 0.2) is 29.1 Å². The van der Waals surface area contributed by atoms with E-state index in [1.165, 1.54) is 23.1 Å². The number of hydrogen-bond donors (Lipinski definition) is 2. The Morgan fingerprint density at radius 1 is 1.46 bits per heavy atom. The second kappa shape index (κ2) is 7.70. The summed E-state index contributed by atoms with van der Waals surface area (Å²) in [4.78, 5) is 26.1. The minimum absolute atomic E-state index is 0.0904. The molecule has 1 aromatic heterocycles. The maximum Gasteiger partial charge on any atom is 0.535 e. The molecular weight excluding hydrogens is 400 g/mol. The van der Waals surface area contributed by atoms with Gasteiger partial charge in [0, 0.05) is 12.6 Å². The number of nitrogens with two attached hydrogens (primary N) is 1. The third kappa shape index (κ3) is 3.91. The lowest BCUT2D eigenvalue weighted by molar-refractivity contribution is -0.344. The van der Waals surface area contributed by atoms with Crippen LogP contribution in [0.2, 0.25) is 5.15 Å². The average molecular weight is 415 g/mol. The SMILES string of the molecule is CCN(C(=O)Cn1nc(Cl)c(NN)cc1=O)c1cccc2c1[CH]OC(F)(F)O2. The number of fused-ring (bicyclic) bond motifs is 1. The minimum Gasteiger partial charge on any atom is -0.409 e. The lowest BCUT2D eigenvalue weighted by Crippen LogP contribution is -2.39. The van der Waals surface area contributed by atoms with Crippen LogP contribution in [-0.4, -0.2) is 28.5 Å². The smallest absolute Gasteiger partial charge is 0.409 e. The maximum absolute atomic E-state index is 13.3. The molecule has 9 nitrogen and oxygen atoms in total. The molecule has 0 saturated heterocycles. The average Bonchev–Trinajstić information content (AvgIpc) is 2.64. The number of likely N-dealkylation sites (N-methyl/N-ethyl adjacent to an activating group) is 1. The summed E-state index contributed by atoms with van der Waals surface area (Å²) in [5.41, 5.74) is 2.18. The summed E-state index contributed by atoms with van der Waals surface area (Å²) >= 11 is 5.89. The zero-order valence-electron chi connectivity index (χ0n) is 14.5. The molecule has 0 fully saturated rings. The number of rotatable bonds is 5. The molecule has 0 saturated carbocycles. The molecule has 0 bridgehead atoms. The Bertz CT molecular complexity index is 969. The van der Waals surface area contributed by atoms with Crippen molar-refractivity contribution in [3.05, 3.63) is 51.9 Å². The molecule has 2 aromatic rings. The first kappa shape index (κ1) is 20.0. The van der Waals surface area contributed by atoms with E-state index in [-0.39, 0.29) is 34.4 Å². The van der Waals surface area contributed by atoms with Crippen molar-refractivity contribution in [1.29, 1.82) is 0 Å². The highest BCUT2D eigenvalue weighted by atomic mass is 35.5. The van der Waals surface area contributed by atoms with Crippen molar-refractivity contribution in [3.63, 3.8) is 0 Å². The van der Waals surface area contributed by atoms with E-state index in [0.717, 1.165) is 17.4 Å². The summed E-state index contributed by atoms with van der Waals surface area (Å²) in [6.45, 7) is 2.26. The lowest BCUT2D eigenvalue weighted by atomic mass is 10.1. The number of ether oxygens (including phenoxy) is 2. The van der Waals surface area contributed by atoms with Crippen LogP contribution in [-0.2, 0) is 16.1 Å². The van der Waals surface area contributed by atoms with Crippen molar-refractivity contribution >= 4 is 28.9 Å². The number of carbonyl (C=O) groups is 1. The number of anilines is 2. The molecule has 1 aromatic carbocycles. The molecule has 1 amide bonds. The molecule has 1 aliphatic heterocycles. The third-order valence-electron chi connectivity index (χ3n) is 3.89. The number of aromatic nitrogens is 2. The van der Waals surface area contributed by atoms with Gasteiger partial charge >= 0.3 is 6.29 Å². The molecule has 12 heteroatoms. The van der Waals surface area contributed by atoms with Gasteiger partial charge in [-0.15, -0.1) is 8.78 Å². The number of hydrogen-bond acceptors (Lipinski definition) is 7. The van der Waals surface area contributed by atoms with E-state index in [1.807, 2.05) is 0 Å². The molecule has 28 heavy (non-hydrogen) atoms. The van der Waals surface area contributed by atoms with Gasteiger partial charge in [-0.05, 0) is 19.1 Å². The molecule has 0 unspecified atom stereocenters. The van der Waals surface area contributed by atoms with E-state index >= 15 is 0 Å². The number of hydrazine groups is 1. The van der Waals surface area contributed by atoms with Crippen molar-refractivity contribution in [2.24, 2.45) is 5.84 Å². The first-order valence-electron chi connectivity index (χ1n) is 8.01. The van der Waals surface area contributed by atoms with Crippen molar-refractivity contribution in [2.45, 2.75) is 19.8 Å². The van der Waals surface area contributed by atoms with Gasteiger partial charge < -0.3 is 15.1 Å². The third-order valence-corrected chi connectivity index (χ3v) is 4.17. The van der Waals surface area contributed by atoms with E-state index < -0.39 is 24.3 Å². The number of nitrogen functional groups attached to an aromatic ring is 1. The summed E-state index contributed by atoms with van der Waals surface area (Å²) in [6.07, 6.45) is -3.79. The molecule has 0 spiro atoms. The number of amides is 1. The molecule has 3 rings (SSSR count). The summed E-state index contributed by atoms with van der Waals surface area (Å²) in [7, 11) is 0. The summed E-state index contributed by atoms with van der Waals surface area (Å²) in [5.74, 6) is 4.55. The Morgan fingerprint density at radius 3 is 2.89 bits per heavy atom. The van der Waals surface area contributed by atoms with Gasteiger partial charge in [0.2, 0.25) is 5.91 Å². The zero-order chi connectivity index (χ0) is 20.5. The van der Waals surface area contributed by atoms with Crippen LogP contribution >= 0.6 is 11.6 Å². The van der Waals surface area contributed by atoms with Crippen LogP contribution in [0.1, 0.15) is 12.5 Å². The Morgan fingerprint density at radius 2 is 2.21 bits per heavy atom. The Hall–Kier alpha value is -2.76. The molecule has 2 heterocycles. The van der Waals surface area contributed by atoms with Crippen molar-refractivity contribution in [3.8, 4) is 5.75 Å². The summed E-state index contributed by atoms with van der Waals surface area (Å²) in [6, 6.07) is 5.43. The normalized spacial score (nSPS) is 14.8. The van der Waals surface area contributed by atoms with E-state index in [4.69, 9.17) is 17.4 Å². The van der Waals surface area contributed by atoms with Crippen LogP contribution in [0.5, 0.6) is 5.75 Å². The van der Waals surface area contributed by atoms with Crippen molar-refractivity contribution < 1.29 is 23.0 Å². The molecule has 1 radical (unpaired) electrons. The highest BCUT2D eigenvalue weighted by Crippen LogP contribution is 2.39. The minimum atomic E-state index is -3.79. The lowest BCUT2D eigenvalue weighted by Gasteiger charge is -2.29. The first-order valence-corrected chi connectivity index (χ1v) is 8.39. The predicted molar refractivity (Wildman–Crippen MR) is 95.8 cm³/mol. The van der Waals surface area contributed by atoms with Gasteiger partial charge in [-0.1, -0.05) is 17.7 Å². The van der Waals surface area contributed by atoms with Gasteiger partial charge in [0.1, 0.15) is 18.9 Å². The molecule has 149 valence electrons. The van der Waals surface area contributed by atoms with Gasteiger partial charge in [0.25, 0.3) is 5.56 Å². The number of nitrogens with zero attached hydrogens (tertiary/aromatic N) is 3. The fraction of sp³-hybridized carbons (Fsp3) is 0.250. The molecule has 3 N–H and O–H groups in total. The molecule has 1 aliphatic rings. The molecule has 0 aliphatic carbocycles. The van der Waals surface area contributed by atoms with Crippen LogP contribution in [0.3, 0.4) is 0 Å². The standard InChI is InChI=1S/C16H15ClF2N5O4/c1-2-23(11-4-3-5-12-9(11)8-27-16(18,19)28-12)14(26)7-24-13(25)6-10(21-20)15(17)22-24/h3-6,8,21H,2,7,20H2,1H3. The summed E-state index contributed by atoms with van der Waals surface area (Å²) in [5, 5.41) is 3.73. The van der Waals surface area contributed by atoms with Crippen molar-refractivity contribution in [2.75, 3.05) is 16.9 Å². The van der Waals surface area contributed by atoms with Crippen molar-refractivity contribution in [1.82, 2.24) is 9.78 Å². The molecular formula is C16H15ClF2N5O4. The Balaban J connectivity index is 1.90. The Labute approximate surface area is 162 Å². The van der Waals surface area contributed by atoms with Gasteiger partial charge in [0.15, 0.2) is 5.15 Å². The Kier molecular flexibility index (Phi) is 5.49. The van der Waals surface area contributed by atoms with Gasteiger partial charge in [-0.2, -0.15) is 5.10 Å². The number of benzene rings is 1. The van der Waals surface area contributed by atoms with Gasteiger partial charge in [-0.3, -0.25) is 20.2 Å². The quantitative estimate of drug-likeness (QED) is 0.565. The highest BCUT2D eigenvalue weighted by molar-refractivity contribution is 6.31. The fourth-order valence-corrected chi connectivity index (χ4v) is 2.83. The number of halogens is 3. The largest absolute Gasteiger partial charge is 0.535 e. The summed E-state index contributed by atoms with van der Waals surface area (Å²) < 4.78 is 36.1.